The third-order valence-corrected chi connectivity index (χ3v) is 5.33. The van der Waals surface area contributed by atoms with Gasteiger partial charge in [0.2, 0.25) is 17.4 Å². The third-order valence-electron chi connectivity index (χ3n) is 5.33. The summed E-state index contributed by atoms with van der Waals surface area (Å²) in [4.78, 5) is 22.4. The maximum absolute atomic E-state index is 13.2. The molecule has 1 aromatic carbocycles. The van der Waals surface area contributed by atoms with E-state index in [0.29, 0.717) is 46.5 Å². The van der Waals surface area contributed by atoms with Crippen LogP contribution in [0.5, 0.6) is 0 Å². The standard InChI is InChI=1S/C23H23N7O2/c1-14(2)10-11-29-19(24)18-21(27-29)26-22(16(31)13-15-7-4-3-5-8-15)30-23(18)25-20(28-30)17-9-6-12-32-17/h3-9,12,14H,10-11,13,24H2,1-2H3. The van der Waals surface area contributed by atoms with Crippen LogP contribution >= 0.6 is 0 Å². The highest BCUT2D eigenvalue weighted by Gasteiger charge is 2.24. The molecule has 0 aliphatic heterocycles. The van der Waals surface area contributed by atoms with Gasteiger partial charge in [-0.25, -0.2) is 14.6 Å². The Bertz CT molecular complexity index is 1400. The van der Waals surface area contributed by atoms with Crippen LogP contribution in [0.4, 0.5) is 5.82 Å². The zero-order valence-corrected chi connectivity index (χ0v) is 17.9. The summed E-state index contributed by atoms with van der Waals surface area (Å²) in [6.07, 6.45) is 2.65. The van der Waals surface area contributed by atoms with Crippen molar-refractivity contribution in [2.24, 2.45) is 5.92 Å². The summed E-state index contributed by atoms with van der Waals surface area (Å²) >= 11 is 0. The van der Waals surface area contributed by atoms with Crippen molar-refractivity contribution in [3.05, 3.63) is 60.1 Å². The predicted octanol–water partition coefficient (Wildman–Crippen LogP) is 3.79. The van der Waals surface area contributed by atoms with Gasteiger partial charge in [0, 0.05) is 13.0 Å². The number of fused-ring (bicyclic) bond motifs is 3. The van der Waals surface area contributed by atoms with Crippen molar-refractivity contribution in [2.75, 3.05) is 5.73 Å². The highest BCUT2D eigenvalue weighted by atomic mass is 16.3. The first-order chi connectivity index (χ1) is 15.5. The Morgan fingerprint density at radius 2 is 1.91 bits per heavy atom. The van der Waals surface area contributed by atoms with Crippen molar-refractivity contribution >= 4 is 28.3 Å². The van der Waals surface area contributed by atoms with Gasteiger partial charge in [0.1, 0.15) is 11.2 Å². The van der Waals surface area contributed by atoms with Gasteiger partial charge in [-0.2, -0.15) is 9.61 Å². The second-order valence-corrected chi connectivity index (χ2v) is 8.16. The summed E-state index contributed by atoms with van der Waals surface area (Å²) in [5, 5.41) is 9.69. The Balaban J connectivity index is 1.68. The SMILES string of the molecule is CC(C)CCn1nc2nc(C(=O)Cc3ccccc3)n3nc(-c4ccco4)nc3c2c1N. The number of Topliss-reactive ketones (excluding diaryl/α,β-unsaturated/α-hetero) is 1. The average molecular weight is 429 g/mol. The lowest BCUT2D eigenvalue weighted by atomic mass is 10.1. The van der Waals surface area contributed by atoms with E-state index in [2.05, 4.69) is 34.0 Å². The molecule has 4 aromatic heterocycles. The summed E-state index contributed by atoms with van der Waals surface area (Å²) in [6.45, 7) is 4.94. The minimum absolute atomic E-state index is 0.162. The van der Waals surface area contributed by atoms with Gasteiger partial charge >= 0.3 is 0 Å². The Morgan fingerprint density at radius 1 is 1.09 bits per heavy atom. The Morgan fingerprint density at radius 3 is 2.62 bits per heavy atom. The average Bonchev–Trinajstić information content (AvgIpc) is 3.51. The van der Waals surface area contributed by atoms with Gasteiger partial charge in [-0.3, -0.25) is 4.79 Å². The van der Waals surface area contributed by atoms with Crippen LogP contribution in [0.2, 0.25) is 0 Å². The van der Waals surface area contributed by atoms with Crippen molar-refractivity contribution in [1.82, 2.24) is 29.4 Å². The summed E-state index contributed by atoms with van der Waals surface area (Å²) in [5.41, 5.74) is 8.15. The molecule has 5 aromatic rings. The summed E-state index contributed by atoms with van der Waals surface area (Å²) in [7, 11) is 0. The van der Waals surface area contributed by atoms with Crippen molar-refractivity contribution in [2.45, 2.75) is 33.2 Å². The van der Waals surface area contributed by atoms with Crippen LogP contribution in [-0.4, -0.2) is 35.1 Å². The van der Waals surface area contributed by atoms with E-state index in [1.54, 1.807) is 23.1 Å². The van der Waals surface area contributed by atoms with Crippen LogP contribution in [0.3, 0.4) is 0 Å². The Hall–Kier alpha value is -4.01. The second kappa shape index (κ2) is 7.92. The molecule has 0 radical (unpaired) electrons. The molecule has 0 fully saturated rings. The minimum atomic E-state index is -0.186. The van der Waals surface area contributed by atoms with E-state index in [9.17, 15) is 4.79 Å². The van der Waals surface area contributed by atoms with Crippen LogP contribution in [0, 0.1) is 5.92 Å². The molecule has 5 rings (SSSR count). The molecule has 0 amide bonds. The molecule has 32 heavy (non-hydrogen) atoms. The number of anilines is 1. The smallest absolute Gasteiger partial charge is 0.218 e. The van der Waals surface area contributed by atoms with Gasteiger partial charge in [-0.05, 0) is 30.0 Å². The second-order valence-electron chi connectivity index (χ2n) is 8.16. The number of hydrogen-bond donors (Lipinski definition) is 1. The highest BCUT2D eigenvalue weighted by molar-refractivity contribution is 6.02. The largest absolute Gasteiger partial charge is 0.461 e. The van der Waals surface area contributed by atoms with Crippen molar-refractivity contribution in [3.63, 3.8) is 0 Å². The Labute approximate surface area is 183 Å². The molecule has 0 saturated carbocycles. The lowest BCUT2D eigenvalue weighted by Crippen LogP contribution is -2.13. The van der Waals surface area contributed by atoms with E-state index in [1.807, 2.05) is 30.3 Å². The molecule has 4 heterocycles. The maximum Gasteiger partial charge on any atom is 0.218 e. The van der Waals surface area contributed by atoms with Crippen LogP contribution in [0.15, 0.2) is 53.1 Å². The van der Waals surface area contributed by atoms with E-state index in [-0.39, 0.29) is 18.0 Å². The molecular weight excluding hydrogens is 406 g/mol. The first-order valence-electron chi connectivity index (χ1n) is 10.5. The molecule has 0 unspecified atom stereocenters. The van der Waals surface area contributed by atoms with E-state index in [1.165, 1.54) is 4.52 Å². The Kier molecular flexibility index (Phi) is 4.93. The molecule has 0 saturated heterocycles. The number of carbonyl (C=O) groups is 1. The number of rotatable bonds is 7. The van der Waals surface area contributed by atoms with E-state index in [4.69, 9.17) is 10.2 Å². The minimum Gasteiger partial charge on any atom is -0.461 e. The van der Waals surface area contributed by atoms with E-state index < -0.39 is 0 Å². The summed E-state index contributed by atoms with van der Waals surface area (Å²) < 4.78 is 8.64. The number of aryl methyl sites for hydroxylation is 1. The number of carbonyl (C=O) groups excluding carboxylic acids is 1. The normalized spacial score (nSPS) is 11.7. The molecule has 162 valence electrons. The van der Waals surface area contributed by atoms with E-state index in [0.717, 1.165) is 12.0 Å². The van der Waals surface area contributed by atoms with Crippen molar-refractivity contribution in [1.29, 1.82) is 0 Å². The quantitative estimate of drug-likeness (QED) is 0.391. The van der Waals surface area contributed by atoms with Crippen LogP contribution < -0.4 is 5.73 Å². The molecule has 0 aliphatic rings. The number of ketones is 1. The number of furan rings is 1. The van der Waals surface area contributed by atoms with Gasteiger partial charge in [-0.15, -0.1) is 5.10 Å². The van der Waals surface area contributed by atoms with Crippen LogP contribution in [0.1, 0.15) is 36.5 Å². The number of nitrogens with zero attached hydrogens (tertiary/aromatic N) is 6. The fourth-order valence-electron chi connectivity index (χ4n) is 3.63. The lowest BCUT2D eigenvalue weighted by Gasteiger charge is -2.05. The highest BCUT2D eigenvalue weighted by Crippen LogP contribution is 2.27. The first kappa shape index (κ1) is 19.9. The number of nitrogen functional groups attached to an aromatic ring is 1. The van der Waals surface area contributed by atoms with Crippen LogP contribution in [-0.2, 0) is 13.0 Å². The predicted molar refractivity (Wildman–Crippen MR) is 120 cm³/mol. The molecule has 2 N–H and O–H groups in total. The van der Waals surface area contributed by atoms with Gasteiger partial charge in [0.05, 0.1) is 6.26 Å². The van der Waals surface area contributed by atoms with Gasteiger partial charge in [-0.1, -0.05) is 44.2 Å². The number of hydrogen-bond acceptors (Lipinski definition) is 7. The molecule has 0 aliphatic carbocycles. The lowest BCUT2D eigenvalue weighted by molar-refractivity contribution is 0.0980. The monoisotopic (exact) mass is 429 g/mol. The summed E-state index contributed by atoms with van der Waals surface area (Å²) in [5.74, 6) is 1.78. The topological polar surface area (TPSA) is 117 Å². The van der Waals surface area contributed by atoms with Crippen molar-refractivity contribution in [3.8, 4) is 11.6 Å². The first-order valence-corrected chi connectivity index (χ1v) is 10.5. The van der Waals surface area contributed by atoms with E-state index >= 15 is 0 Å². The van der Waals surface area contributed by atoms with Gasteiger partial charge in [0.15, 0.2) is 17.1 Å². The fraction of sp³-hybridized carbons (Fsp3) is 0.261. The van der Waals surface area contributed by atoms with Gasteiger partial charge < -0.3 is 10.2 Å². The molecular formula is C23H23N7O2. The fourth-order valence-corrected chi connectivity index (χ4v) is 3.63. The zero-order chi connectivity index (χ0) is 22.2. The summed E-state index contributed by atoms with van der Waals surface area (Å²) in [6, 6.07) is 13.0. The zero-order valence-electron chi connectivity index (χ0n) is 17.9. The third kappa shape index (κ3) is 3.51. The molecule has 0 spiro atoms. The van der Waals surface area contributed by atoms with Gasteiger partial charge in [0.25, 0.3) is 0 Å². The molecule has 9 heteroatoms. The number of nitrogens with two attached hydrogens (primary N) is 1. The molecule has 0 bridgehead atoms. The molecule has 9 nitrogen and oxygen atoms in total. The number of benzene rings is 1. The van der Waals surface area contributed by atoms with Crippen LogP contribution in [0.25, 0.3) is 28.3 Å². The number of aromatic nitrogens is 6. The molecule has 0 atom stereocenters. The van der Waals surface area contributed by atoms with Crippen molar-refractivity contribution < 1.29 is 9.21 Å². The maximum atomic E-state index is 13.2.